The fraction of sp³-hybridized carbons (Fsp3) is 0.185. The number of Topliss-reactive ketones (excluding diaryl/α,β-unsaturated/α-hetero) is 1. The van der Waals surface area contributed by atoms with Crippen molar-refractivity contribution in [2.75, 3.05) is 12.0 Å². The lowest BCUT2D eigenvalue weighted by molar-refractivity contribution is -0.132. The molecule has 0 spiro atoms. The Labute approximate surface area is 213 Å². The maximum absolute atomic E-state index is 13.3. The van der Waals surface area contributed by atoms with Crippen LogP contribution in [0.4, 0.5) is 5.69 Å². The van der Waals surface area contributed by atoms with Crippen molar-refractivity contribution in [3.05, 3.63) is 93.5 Å². The molecule has 1 amide bonds. The van der Waals surface area contributed by atoms with Crippen LogP contribution in [0.2, 0.25) is 10.0 Å². The zero-order chi connectivity index (χ0) is 25.3. The van der Waals surface area contributed by atoms with Crippen LogP contribution >= 0.6 is 23.2 Å². The Hall–Kier alpha value is -3.48. The van der Waals surface area contributed by atoms with Crippen LogP contribution < -0.4 is 14.4 Å². The van der Waals surface area contributed by atoms with Gasteiger partial charge in [0.1, 0.15) is 17.3 Å². The Balaban J connectivity index is 1.87. The molecule has 4 rings (SSSR count). The Kier molecular flexibility index (Phi) is 7.05. The fourth-order valence-corrected chi connectivity index (χ4v) is 4.25. The van der Waals surface area contributed by atoms with Crippen LogP contribution in [0, 0.1) is 0 Å². The van der Waals surface area contributed by atoms with Gasteiger partial charge < -0.3 is 14.6 Å². The van der Waals surface area contributed by atoms with Gasteiger partial charge in [-0.2, -0.15) is 0 Å². The van der Waals surface area contributed by atoms with Gasteiger partial charge in [0.2, 0.25) is 0 Å². The summed E-state index contributed by atoms with van der Waals surface area (Å²) in [6, 6.07) is 17.5. The number of rotatable bonds is 6. The van der Waals surface area contributed by atoms with Gasteiger partial charge in [0.25, 0.3) is 11.7 Å². The molecule has 1 saturated heterocycles. The van der Waals surface area contributed by atoms with E-state index >= 15 is 0 Å². The molecule has 0 radical (unpaired) electrons. The number of halogens is 2. The SMILES string of the molecule is COc1ccc(C2/C(=C(/O)c3ccc(Cl)c(Cl)c3)C(=O)C(=O)N2c2ccc(OC(C)C)cc2)cc1. The summed E-state index contributed by atoms with van der Waals surface area (Å²) in [5.41, 5.74) is 1.32. The molecule has 0 aliphatic carbocycles. The van der Waals surface area contributed by atoms with E-state index in [0.29, 0.717) is 27.8 Å². The van der Waals surface area contributed by atoms with Crippen LogP contribution in [0.3, 0.4) is 0 Å². The Bertz CT molecular complexity index is 1300. The van der Waals surface area contributed by atoms with Crippen LogP contribution in [-0.4, -0.2) is 30.0 Å². The first kappa shape index (κ1) is 24.6. The van der Waals surface area contributed by atoms with E-state index in [1.165, 1.54) is 17.0 Å². The first-order valence-corrected chi connectivity index (χ1v) is 11.6. The minimum atomic E-state index is -0.882. The minimum Gasteiger partial charge on any atom is -0.507 e. The van der Waals surface area contributed by atoms with Crippen molar-refractivity contribution in [1.29, 1.82) is 0 Å². The number of ketones is 1. The third kappa shape index (κ3) is 4.85. The molecule has 1 heterocycles. The van der Waals surface area contributed by atoms with E-state index in [1.54, 1.807) is 61.7 Å². The molecule has 6 nitrogen and oxygen atoms in total. The van der Waals surface area contributed by atoms with Crippen molar-refractivity contribution in [2.24, 2.45) is 0 Å². The monoisotopic (exact) mass is 511 g/mol. The number of aliphatic hydroxyl groups excluding tert-OH is 1. The topological polar surface area (TPSA) is 76.1 Å². The number of amides is 1. The molecule has 1 aliphatic heterocycles. The average molecular weight is 512 g/mol. The second-order valence-corrected chi connectivity index (χ2v) is 9.05. The van der Waals surface area contributed by atoms with E-state index in [-0.39, 0.29) is 28.0 Å². The molecule has 0 aromatic heterocycles. The van der Waals surface area contributed by atoms with Crippen LogP contribution in [-0.2, 0) is 9.59 Å². The second-order valence-electron chi connectivity index (χ2n) is 8.23. The van der Waals surface area contributed by atoms with Gasteiger partial charge in [-0.05, 0) is 74.0 Å². The first-order chi connectivity index (χ1) is 16.7. The number of nitrogens with zero attached hydrogens (tertiary/aromatic N) is 1. The van der Waals surface area contributed by atoms with Crippen molar-refractivity contribution in [3.8, 4) is 11.5 Å². The van der Waals surface area contributed by atoms with Gasteiger partial charge in [-0.15, -0.1) is 0 Å². The van der Waals surface area contributed by atoms with Crippen LogP contribution in [0.5, 0.6) is 11.5 Å². The molecule has 180 valence electrons. The Morgan fingerprint density at radius 2 is 1.54 bits per heavy atom. The zero-order valence-corrected chi connectivity index (χ0v) is 20.8. The van der Waals surface area contributed by atoms with Gasteiger partial charge in [0.15, 0.2) is 0 Å². The van der Waals surface area contributed by atoms with E-state index in [0.717, 1.165) is 0 Å². The van der Waals surface area contributed by atoms with Gasteiger partial charge in [-0.1, -0.05) is 35.3 Å². The van der Waals surface area contributed by atoms with Crippen molar-refractivity contribution < 1.29 is 24.2 Å². The lowest BCUT2D eigenvalue weighted by Gasteiger charge is -2.26. The van der Waals surface area contributed by atoms with E-state index in [2.05, 4.69) is 0 Å². The van der Waals surface area contributed by atoms with E-state index in [9.17, 15) is 14.7 Å². The molecule has 1 fully saturated rings. The standard InChI is InChI=1S/C27H23Cl2NO5/c1-15(2)35-20-11-7-18(8-12-20)30-24(16-4-9-19(34-3)10-5-16)23(26(32)27(30)33)25(31)17-6-13-21(28)22(29)14-17/h4-15,24,31H,1-3H3/b25-23-. The summed E-state index contributed by atoms with van der Waals surface area (Å²) in [4.78, 5) is 27.9. The molecule has 0 saturated carbocycles. The quantitative estimate of drug-likeness (QED) is 0.235. The zero-order valence-electron chi connectivity index (χ0n) is 19.3. The summed E-state index contributed by atoms with van der Waals surface area (Å²) in [5, 5.41) is 11.7. The number of anilines is 1. The highest BCUT2D eigenvalue weighted by atomic mass is 35.5. The lowest BCUT2D eigenvalue weighted by atomic mass is 9.95. The minimum absolute atomic E-state index is 0.0134. The highest BCUT2D eigenvalue weighted by Crippen LogP contribution is 2.43. The largest absolute Gasteiger partial charge is 0.507 e. The van der Waals surface area contributed by atoms with Crippen LogP contribution in [0.25, 0.3) is 5.76 Å². The number of hydrogen-bond donors (Lipinski definition) is 1. The molecule has 0 bridgehead atoms. The van der Waals surface area contributed by atoms with E-state index in [1.807, 2.05) is 13.8 Å². The number of carbonyl (C=O) groups is 2. The van der Waals surface area contributed by atoms with Gasteiger partial charge in [-0.25, -0.2) is 0 Å². The van der Waals surface area contributed by atoms with E-state index in [4.69, 9.17) is 32.7 Å². The summed E-state index contributed by atoms with van der Waals surface area (Å²) >= 11 is 12.2. The summed E-state index contributed by atoms with van der Waals surface area (Å²) in [6.07, 6.45) is -0.0134. The number of hydrogen-bond acceptors (Lipinski definition) is 5. The molecule has 1 atom stereocenters. The highest BCUT2D eigenvalue weighted by molar-refractivity contribution is 6.51. The van der Waals surface area contributed by atoms with E-state index < -0.39 is 17.7 Å². The van der Waals surface area contributed by atoms with Crippen molar-refractivity contribution >= 4 is 46.3 Å². The number of carbonyl (C=O) groups excluding carboxylic acids is 2. The molecule has 3 aromatic carbocycles. The second kappa shape index (κ2) is 10.0. The molecule has 35 heavy (non-hydrogen) atoms. The number of benzene rings is 3. The summed E-state index contributed by atoms with van der Waals surface area (Å²) < 4.78 is 10.9. The van der Waals surface area contributed by atoms with Crippen molar-refractivity contribution in [2.45, 2.75) is 26.0 Å². The first-order valence-electron chi connectivity index (χ1n) is 10.9. The highest BCUT2D eigenvalue weighted by Gasteiger charge is 2.47. The van der Waals surface area contributed by atoms with Gasteiger partial charge >= 0.3 is 0 Å². The average Bonchev–Trinajstić information content (AvgIpc) is 3.11. The lowest BCUT2D eigenvalue weighted by Crippen LogP contribution is -2.29. The summed E-state index contributed by atoms with van der Waals surface area (Å²) in [7, 11) is 1.55. The molecular formula is C27H23Cl2NO5. The van der Waals surface area contributed by atoms with Crippen molar-refractivity contribution in [1.82, 2.24) is 0 Å². The van der Waals surface area contributed by atoms with Gasteiger partial charge in [0, 0.05) is 11.3 Å². The van der Waals surface area contributed by atoms with Crippen molar-refractivity contribution in [3.63, 3.8) is 0 Å². The van der Waals surface area contributed by atoms with Crippen LogP contribution in [0.1, 0.15) is 31.0 Å². The number of aliphatic hydroxyl groups is 1. The maximum atomic E-state index is 13.3. The van der Waals surface area contributed by atoms with Crippen LogP contribution in [0.15, 0.2) is 72.3 Å². The normalized spacial score (nSPS) is 17.2. The third-order valence-corrected chi connectivity index (χ3v) is 6.29. The molecule has 3 aromatic rings. The van der Waals surface area contributed by atoms with Gasteiger partial charge in [-0.3, -0.25) is 14.5 Å². The predicted molar refractivity (Wildman–Crippen MR) is 136 cm³/mol. The fourth-order valence-electron chi connectivity index (χ4n) is 3.96. The molecule has 8 heteroatoms. The van der Waals surface area contributed by atoms with Gasteiger partial charge in [0.05, 0.1) is 34.9 Å². The molecule has 1 N–H and O–H groups in total. The maximum Gasteiger partial charge on any atom is 0.300 e. The Morgan fingerprint density at radius 1 is 0.914 bits per heavy atom. The third-order valence-electron chi connectivity index (χ3n) is 5.56. The molecular weight excluding hydrogens is 489 g/mol. The molecule has 1 aliphatic rings. The Morgan fingerprint density at radius 3 is 2.11 bits per heavy atom. The smallest absolute Gasteiger partial charge is 0.300 e. The molecule has 1 unspecified atom stereocenters. The predicted octanol–water partition coefficient (Wildman–Crippen LogP) is 6.42. The summed E-state index contributed by atoms with van der Waals surface area (Å²) in [6.45, 7) is 3.83. The summed E-state index contributed by atoms with van der Waals surface area (Å²) in [5.74, 6) is -0.658. The number of methoxy groups -OCH3 is 1. The number of ether oxygens (including phenoxy) is 2.